The summed E-state index contributed by atoms with van der Waals surface area (Å²) in [6, 6.07) is 1.73. The van der Waals surface area contributed by atoms with Crippen LogP contribution in [-0.4, -0.2) is 85.5 Å². The molecule has 134 valence electrons. The third-order valence-corrected chi connectivity index (χ3v) is 4.33. The summed E-state index contributed by atoms with van der Waals surface area (Å²) in [4.78, 5) is 38.5. The van der Waals surface area contributed by atoms with Crippen LogP contribution < -0.4 is 0 Å². The highest BCUT2D eigenvalue weighted by molar-refractivity contribution is 5.80. The highest BCUT2D eigenvalue weighted by Gasteiger charge is 2.38. The van der Waals surface area contributed by atoms with Crippen molar-refractivity contribution >= 4 is 17.7 Å². The molecule has 9 heteroatoms. The first kappa shape index (κ1) is 17.1. The van der Waals surface area contributed by atoms with Gasteiger partial charge in [-0.05, 0) is 19.9 Å². The van der Waals surface area contributed by atoms with Crippen molar-refractivity contribution in [3.8, 4) is 0 Å². The second-order valence-corrected chi connectivity index (χ2v) is 7.03. The Balaban J connectivity index is 1.70. The summed E-state index contributed by atoms with van der Waals surface area (Å²) in [6.45, 7) is 5.45. The standard InChI is InChI=1S/C16H23N7O2/c1-16(2)11-21(15(25)20(3)4)8-9-22(16)13(24)10-12-18-14-17-6-5-7-23(14)19-12/h5-7H,8-11H2,1-4H3. The number of aromatic nitrogens is 4. The van der Waals surface area contributed by atoms with E-state index in [1.807, 2.05) is 18.7 Å². The van der Waals surface area contributed by atoms with Crippen LogP contribution in [0.25, 0.3) is 5.78 Å². The van der Waals surface area contributed by atoms with Gasteiger partial charge in [-0.2, -0.15) is 4.98 Å². The quantitative estimate of drug-likeness (QED) is 0.780. The smallest absolute Gasteiger partial charge is 0.319 e. The van der Waals surface area contributed by atoms with Gasteiger partial charge in [0.2, 0.25) is 5.91 Å². The first-order valence-electron chi connectivity index (χ1n) is 8.21. The minimum absolute atomic E-state index is 0.0340. The molecule has 0 radical (unpaired) electrons. The maximum atomic E-state index is 12.8. The molecule has 0 atom stereocenters. The van der Waals surface area contributed by atoms with Crippen LogP contribution in [-0.2, 0) is 11.2 Å². The van der Waals surface area contributed by atoms with E-state index in [1.165, 1.54) is 0 Å². The number of urea groups is 1. The molecule has 0 aromatic carbocycles. The van der Waals surface area contributed by atoms with Crippen molar-refractivity contribution in [2.24, 2.45) is 0 Å². The van der Waals surface area contributed by atoms with Gasteiger partial charge >= 0.3 is 6.03 Å². The van der Waals surface area contributed by atoms with Crippen LogP contribution in [0.5, 0.6) is 0 Å². The topological polar surface area (TPSA) is 86.9 Å². The molecule has 0 aliphatic carbocycles. The van der Waals surface area contributed by atoms with Crippen molar-refractivity contribution in [2.75, 3.05) is 33.7 Å². The second-order valence-electron chi connectivity index (χ2n) is 7.03. The molecule has 1 saturated heterocycles. The lowest BCUT2D eigenvalue weighted by Gasteiger charge is -2.47. The van der Waals surface area contributed by atoms with Crippen LogP contribution in [0.1, 0.15) is 19.7 Å². The average molecular weight is 345 g/mol. The van der Waals surface area contributed by atoms with Crippen molar-refractivity contribution in [1.82, 2.24) is 34.3 Å². The number of rotatable bonds is 2. The molecule has 2 aromatic heterocycles. The number of hydrogen-bond donors (Lipinski definition) is 0. The molecule has 25 heavy (non-hydrogen) atoms. The van der Waals surface area contributed by atoms with Crippen LogP contribution in [0.15, 0.2) is 18.5 Å². The second kappa shape index (κ2) is 6.30. The molecule has 3 rings (SSSR count). The van der Waals surface area contributed by atoms with Crippen LogP contribution >= 0.6 is 0 Å². The molecular formula is C16H23N7O2. The van der Waals surface area contributed by atoms with Gasteiger partial charge in [-0.15, -0.1) is 5.10 Å². The summed E-state index contributed by atoms with van der Waals surface area (Å²) in [6.07, 6.45) is 3.51. The highest BCUT2D eigenvalue weighted by atomic mass is 16.2. The summed E-state index contributed by atoms with van der Waals surface area (Å²) in [5.41, 5.74) is -0.446. The first-order chi connectivity index (χ1) is 11.8. The molecule has 1 aliphatic rings. The fourth-order valence-electron chi connectivity index (χ4n) is 3.14. The molecule has 3 amide bonds. The molecule has 1 aliphatic heterocycles. The van der Waals surface area contributed by atoms with Crippen LogP contribution in [0.2, 0.25) is 0 Å². The largest absolute Gasteiger partial charge is 0.334 e. The minimum atomic E-state index is -0.446. The maximum absolute atomic E-state index is 12.8. The van der Waals surface area contributed by atoms with Gasteiger partial charge in [0, 0.05) is 46.1 Å². The lowest BCUT2D eigenvalue weighted by Crippen LogP contribution is -2.63. The SMILES string of the molecule is CN(C)C(=O)N1CCN(C(=O)Cc2nc3ncccn3n2)C(C)(C)C1. The monoisotopic (exact) mass is 345 g/mol. The van der Waals surface area contributed by atoms with E-state index in [2.05, 4.69) is 15.1 Å². The van der Waals surface area contributed by atoms with Gasteiger partial charge in [-0.25, -0.2) is 14.3 Å². The Hall–Kier alpha value is -2.71. The Morgan fingerprint density at radius 1 is 1.28 bits per heavy atom. The molecule has 0 N–H and O–H groups in total. The molecule has 0 unspecified atom stereocenters. The average Bonchev–Trinajstić information content (AvgIpc) is 2.94. The van der Waals surface area contributed by atoms with E-state index < -0.39 is 5.54 Å². The van der Waals surface area contributed by atoms with Gasteiger partial charge < -0.3 is 14.7 Å². The van der Waals surface area contributed by atoms with Gasteiger partial charge in [-0.1, -0.05) is 0 Å². The molecule has 0 bridgehead atoms. The zero-order valence-corrected chi connectivity index (χ0v) is 15.0. The van der Waals surface area contributed by atoms with Gasteiger partial charge in [0.25, 0.3) is 5.78 Å². The highest BCUT2D eigenvalue weighted by Crippen LogP contribution is 2.22. The molecule has 0 spiro atoms. The summed E-state index contributed by atoms with van der Waals surface area (Å²) in [7, 11) is 3.46. The number of carbonyl (C=O) groups excluding carboxylic acids is 2. The Labute approximate surface area is 146 Å². The van der Waals surface area contributed by atoms with E-state index in [-0.39, 0.29) is 18.4 Å². The number of carbonyl (C=O) groups is 2. The van der Waals surface area contributed by atoms with E-state index >= 15 is 0 Å². The van der Waals surface area contributed by atoms with Crippen molar-refractivity contribution in [3.05, 3.63) is 24.3 Å². The lowest BCUT2D eigenvalue weighted by atomic mass is 9.98. The fourth-order valence-corrected chi connectivity index (χ4v) is 3.14. The van der Waals surface area contributed by atoms with Crippen molar-refractivity contribution < 1.29 is 9.59 Å². The van der Waals surface area contributed by atoms with Crippen LogP contribution in [0.3, 0.4) is 0 Å². The maximum Gasteiger partial charge on any atom is 0.319 e. The van der Waals surface area contributed by atoms with Crippen LogP contribution in [0.4, 0.5) is 4.79 Å². The Morgan fingerprint density at radius 3 is 2.68 bits per heavy atom. The number of hydrogen-bond acceptors (Lipinski definition) is 5. The zero-order valence-electron chi connectivity index (χ0n) is 15.0. The van der Waals surface area contributed by atoms with E-state index in [0.717, 1.165) is 0 Å². The third kappa shape index (κ3) is 3.40. The number of nitrogens with zero attached hydrogens (tertiary/aromatic N) is 7. The van der Waals surface area contributed by atoms with Crippen molar-refractivity contribution in [1.29, 1.82) is 0 Å². The molecule has 0 saturated carbocycles. The zero-order chi connectivity index (χ0) is 18.2. The Morgan fingerprint density at radius 2 is 2.04 bits per heavy atom. The third-order valence-electron chi connectivity index (χ3n) is 4.33. The van der Waals surface area contributed by atoms with E-state index in [4.69, 9.17) is 0 Å². The van der Waals surface area contributed by atoms with Gasteiger partial charge in [0.05, 0.1) is 12.0 Å². The lowest BCUT2D eigenvalue weighted by molar-refractivity contribution is -0.139. The summed E-state index contributed by atoms with van der Waals surface area (Å²) < 4.78 is 1.56. The van der Waals surface area contributed by atoms with Gasteiger partial charge in [-0.3, -0.25) is 4.79 Å². The van der Waals surface area contributed by atoms with Gasteiger partial charge in [0.1, 0.15) is 0 Å². The number of piperazine rings is 1. The van der Waals surface area contributed by atoms with Crippen molar-refractivity contribution in [3.63, 3.8) is 0 Å². The van der Waals surface area contributed by atoms with Crippen molar-refractivity contribution in [2.45, 2.75) is 25.8 Å². The minimum Gasteiger partial charge on any atom is -0.334 e. The molecule has 1 fully saturated rings. The Kier molecular flexibility index (Phi) is 4.32. The normalized spacial score (nSPS) is 17.0. The summed E-state index contributed by atoms with van der Waals surface area (Å²) in [5, 5.41) is 4.29. The Bertz CT molecular complexity index is 766. The molecule has 3 heterocycles. The van der Waals surface area contributed by atoms with Gasteiger partial charge in [0.15, 0.2) is 5.82 Å². The van der Waals surface area contributed by atoms with E-state index in [0.29, 0.717) is 31.2 Å². The van der Waals surface area contributed by atoms with E-state index in [1.54, 1.807) is 46.9 Å². The first-order valence-corrected chi connectivity index (χ1v) is 8.21. The predicted octanol–water partition coefficient (Wildman–Crippen LogP) is 0.271. The fraction of sp³-hybridized carbons (Fsp3) is 0.562. The number of fused-ring (bicyclic) bond motifs is 1. The summed E-state index contributed by atoms with van der Waals surface area (Å²) in [5.74, 6) is 0.884. The number of amides is 3. The molecular weight excluding hydrogens is 322 g/mol. The van der Waals surface area contributed by atoms with E-state index in [9.17, 15) is 9.59 Å². The molecule has 9 nitrogen and oxygen atoms in total. The predicted molar refractivity (Wildman–Crippen MR) is 90.9 cm³/mol. The van der Waals surface area contributed by atoms with Crippen LogP contribution in [0, 0.1) is 0 Å². The summed E-state index contributed by atoms with van der Waals surface area (Å²) >= 11 is 0. The molecule has 2 aromatic rings.